The van der Waals surface area contributed by atoms with Crippen molar-refractivity contribution in [1.29, 1.82) is 0 Å². The zero-order chi connectivity index (χ0) is 9.59. The summed E-state index contributed by atoms with van der Waals surface area (Å²) in [6.45, 7) is 0. The lowest BCUT2D eigenvalue weighted by atomic mass is 10.3. The van der Waals surface area contributed by atoms with Crippen LogP contribution in [0.1, 0.15) is 0 Å². The number of aromatic nitrogens is 1. The lowest BCUT2D eigenvalue weighted by Crippen LogP contribution is -1.93. The largest absolute Gasteiger partial charge is 0.417 e. The standard InChI is InChI=1S/C7H2BrF2NO2/c8-4-2(9)1-3(10)5-6(4)13-7(12)11-5/h1H,(H,11,12). The molecule has 6 heteroatoms. The summed E-state index contributed by atoms with van der Waals surface area (Å²) < 4.78 is 30.3. The topological polar surface area (TPSA) is 46.0 Å². The van der Waals surface area contributed by atoms with Crippen molar-refractivity contribution in [3.05, 3.63) is 32.7 Å². The van der Waals surface area contributed by atoms with Crippen LogP contribution in [0.25, 0.3) is 11.1 Å². The van der Waals surface area contributed by atoms with Crippen LogP contribution in [0.3, 0.4) is 0 Å². The number of hydrogen-bond donors (Lipinski definition) is 1. The minimum atomic E-state index is -0.860. The summed E-state index contributed by atoms with van der Waals surface area (Å²) in [5.41, 5.74) is -0.291. The first-order valence-electron chi connectivity index (χ1n) is 3.26. The third-order valence-corrected chi connectivity index (χ3v) is 2.29. The quantitative estimate of drug-likeness (QED) is 0.728. The van der Waals surface area contributed by atoms with Gasteiger partial charge in [-0.3, -0.25) is 4.98 Å². The molecule has 0 aliphatic rings. The van der Waals surface area contributed by atoms with Crippen molar-refractivity contribution < 1.29 is 13.2 Å². The smallest absolute Gasteiger partial charge is 0.406 e. The fourth-order valence-corrected chi connectivity index (χ4v) is 1.40. The Labute approximate surface area is 78.5 Å². The molecule has 0 fully saturated rings. The van der Waals surface area contributed by atoms with Crippen LogP contribution in [0.4, 0.5) is 8.78 Å². The predicted molar refractivity (Wildman–Crippen MR) is 44.5 cm³/mol. The third-order valence-electron chi connectivity index (χ3n) is 1.55. The number of hydrogen-bond acceptors (Lipinski definition) is 2. The Morgan fingerprint density at radius 3 is 2.77 bits per heavy atom. The van der Waals surface area contributed by atoms with E-state index in [9.17, 15) is 13.6 Å². The zero-order valence-corrected chi connectivity index (χ0v) is 7.61. The van der Waals surface area contributed by atoms with Crippen LogP contribution in [-0.4, -0.2) is 4.98 Å². The maximum atomic E-state index is 12.9. The highest BCUT2D eigenvalue weighted by molar-refractivity contribution is 9.10. The summed E-state index contributed by atoms with van der Waals surface area (Å²) >= 11 is 2.83. The minimum absolute atomic E-state index is 0.0674. The molecule has 13 heavy (non-hydrogen) atoms. The molecule has 1 aromatic carbocycles. The van der Waals surface area contributed by atoms with E-state index in [1.54, 1.807) is 0 Å². The Hall–Kier alpha value is -1.17. The van der Waals surface area contributed by atoms with Crippen LogP contribution in [-0.2, 0) is 0 Å². The second kappa shape index (κ2) is 2.66. The molecule has 0 aliphatic heterocycles. The van der Waals surface area contributed by atoms with Crippen LogP contribution in [0.2, 0.25) is 0 Å². The van der Waals surface area contributed by atoms with E-state index in [0.717, 1.165) is 0 Å². The lowest BCUT2D eigenvalue weighted by molar-refractivity contribution is 0.544. The normalized spacial score (nSPS) is 11.0. The van der Waals surface area contributed by atoms with Crippen LogP contribution in [0.5, 0.6) is 0 Å². The van der Waals surface area contributed by atoms with E-state index < -0.39 is 17.4 Å². The van der Waals surface area contributed by atoms with Gasteiger partial charge in [0, 0.05) is 6.07 Å². The second-order valence-corrected chi connectivity index (χ2v) is 3.17. The fourth-order valence-electron chi connectivity index (χ4n) is 1.01. The lowest BCUT2D eigenvalue weighted by Gasteiger charge is -1.94. The molecule has 1 heterocycles. The van der Waals surface area contributed by atoms with Gasteiger partial charge in [0.1, 0.15) is 11.3 Å². The first-order valence-corrected chi connectivity index (χ1v) is 4.05. The number of nitrogens with one attached hydrogen (secondary N) is 1. The van der Waals surface area contributed by atoms with Gasteiger partial charge >= 0.3 is 5.76 Å². The van der Waals surface area contributed by atoms with Gasteiger partial charge in [0.25, 0.3) is 0 Å². The van der Waals surface area contributed by atoms with Crippen molar-refractivity contribution in [2.24, 2.45) is 0 Å². The summed E-state index contributed by atoms with van der Waals surface area (Å²) in [6, 6.07) is 0.665. The molecule has 0 amide bonds. The number of fused-ring (bicyclic) bond motifs is 1. The van der Waals surface area contributed by atoms with Gasteiger partial charge in [-0.15, -0.1) is 0 Å². The predicted octanol–water partition coefficient (Wildman–Crippen LogP) is 2.16. The monoisotopic (exact) mass is 249 g/mol. The Kier molecular flexibility index (Phi) is 1.73. The summed E-state index contributed by atoms with van der Waals surface area (Å²) in [7, 11) is 0. The molecule has 3 nitrogen and oxygen atoms in total. The number of benzene rings is 1. The summed E-state index contributed by atoms with van der Waals surface area (Å²) in [4.78, 5) is 12.8. The van der Waals surface area contributed by atoms with E-state index in [0.29, 0.717) is 6.07 Å². The molecule has 0 saturated carbocycles. The summed E-state index contributed by atoms with van der Waals surface area (Å²) in [6.07, 6.45) is 0. The molecule has 2 aromatic rings. The van der Waals surface area contributed by atoms with Gasteiger partial charge in [-0.2, -0.15) is 0 Å². The Morgan fingerprint density at radius 1 is 1.38 bits per heavy atom. The molecule has 0 aliphatic carbocycles. The Bertz CT molecular complexity index is 531. The number of aromatic amines is 1. The van der Waals surface area contributed by atoms with Gasteiger partial charge in [-0.25, -0.2) is 13.6 Å². The van der Waals surface area contributed by atoms with Gasteiger partial charge in [-0.1, -0.05) is 0 Å². The highest BCUT2D eigenvalue weighted by atomic mass is 79.9. The van der Waals surface area contributed by atoms with Crippen LogP contribution < -0.4 is 5.76 Å². The van der Waals surface area contributed by atoms with Crippen molar-refractivity contribution in [1.82, 2.24) is 4.98 Å². The minimum Gasteiger partial charge on any atom is -0.406 e. The molecule has 68 valence electrons. The maximum Gasteiger partial charge on any atom is 0.417 e. The average Bonchev–Trinajstić information content (AvgIpc) is 2.44. The van der Waals surface area contributed by atoms with Crippen molar-refractivity contribution in [3.8, 4) is 0 Å². The molecule has 0 radical (unpaired) electrons. The first kappa shape index (κ1) is 8.43. The molecule has 0 unspecified atom stereocenters. The highest BCUT2D eigenvalue weighted by Gasteiger charge is 2.14. The summed E-state index contributed by atoms with van der Waals surface area (Å²) in [5, 5.41) is 0. The van der Waals surface area contributed by atoms with Crippen molar-refractivity contribution in [3.63, 3.8) is 0 Å². The Morgan fingerprint density at radius 2 is 2.08 bits per heavy atom. The van der Waals surface area contributed by atoms with E-state index in [1.807, 2.05) is 0 Å². The highest BCUT2D eigenvalue weighted by Crippen LogP contribution is 2.26. The van der Waals surface area contributed by atoms with Gasteiger partial charge in [-0.05, 0) is 15.9 Å². The Balaban J connectivity index is 3.04. The molecule has 1 N–H and O–H groups in total. The molecular formula is C7H2BrF2NO2. The van der Waals surface area contributed by atoms with Crippen LogP contribution in [0, 0.1) is 11.6 Å². The molecule has 2 rings (SSSR count). The van der Waals surface area contributed by atoms with Crippen molar-refractivity contribution in [2.75, 3.05) is 0 Å². The van der Waals surface area contributed by atoms with Crippen molar-refractivity contribution >= 4 is 27.0 Å². The molecular weight excluding hydrogens is 248 g/mol. The fraction of sp³-hybridized carbons (Fsp3) is 0. The van der Waals surface area contributed by atoms with E-state index in [4.69, 9.17) is 0 Å². The average molecular weight is 250 g/mol. The third kappa shape index (κ3) is 1.17. The van der Waals surface area contributed by atoms with Gasteiger partial charge in [0.2, 0.25) is 0 Å². The first-order chi connectivity index (χ1) is 6.09. The number of H-pyrrole nitrogens is 1. The van der Waals surface area contributed by atoms with E-state index in [-0.39, 0.29) is 15.6 Å². The van der Waals surface area contributed by atoms with Crippen LogP contribution in [0.15, 0.2) is 19.8 Å². The SMILES string of the molecule is O=c1[nH]c2c(F)cc(F)c(Br)c2o1. The number of halogens is 3. The molecule has 0 atom stereocenters. The van der Waals surface area contributed by atoms with Gasteiger partial charge in [0.05, 0.1) is 4.47 Å². The van der Waals surface area contributed by atoms with Gasteiger partial charge < -0.3 is 4.42 Å². The van der Waals surface area contributed by atoms with Crippen LogP contribution >= 0.6 is 15.9 Å². The second-order valence-electron chi connectivity index (χ2n) is 2.37. The van der Waals surface area contributed by atoms with E-state index in [2.05, 4.69) is 25.3 Å². The van der Waals surface area contributed by atoms with E-state index in [1.165, 1.54) is 0 Å². The number of oxazole rings is 1. The van der Waals surface area contributed by atoms with E-state index >= 15 is 0 Å². The van der Waals surface area contributed by atoms with Gasteiger partial charge in [0.15, 0.2) is 11.4 Å². The maximum absolute atomic E-state index is 12.9. The zero-order valence-electron chi connectivity index (χ0n) is 6.03. The number of rotatable bonds is 0. The molecule has 0 bridgehead atoms. The molecule has 1 aromatic heterocycles. The van der Waals surface area contributed by atoms with Crippen molar-refractivity contribution in [2.45, 2.75) is 0 Å². The summed E-state index contributed by atoms with van der Waals surface area (Å²) in [5.74, 6) is -2.49. The molecule has 0 spiro atoms. The molecule has 0 saturated heterocycles.